The molecule has 0 radical (unpaired) electrons. The van der Waals surface area contributed by atoms with E-state index in [4.69, 9.17) is 0 Å². The summed E-state index contributed by atoms with van der Waals surface area (Å²) in [6.45, 7) is 7.29. The second-order valence-corrected chi connectivity index (χ2v) is 10.7. The number of likely N-dealkylation sites (tertiary alicyclic amines) is 2. The maximum absolute atomic E-state index is 13.9. The van der Waals surface area contributed by atoms with Crippen LogP contribution < -0.4 is 4.90 Å². The van der Waals surface area contributed by atoms with E-state index in [2.05, 4.69) is 11.8 Å². The first kappa shape index (κ1) is 24.3. The molecule has 2 aromatic carbocycles. The number of anilines is 1. The van der Waals surface area contributed by atoms with Gasteiger partial charge in [0.15, 0.2) is 0 Å². The highest BCUT2D eigenvalue weighted by atomic mass is 16.2. The Hall–Kier alpha value is -3.35. The molecule has 5 rings (SSSR count). The van der Waals surface area contributed by atoms with Gasteiger partial charge in [-0.1, -0.05) is 42.8 Å². The largest absolute Gasteiger partial charge is 0.341 e. The van der Waals surface area contributed by atoms with E-state index < -0.39 is 5.54 Å². The number of carbonyl (C=O) groups is 3. The molecular weight excluding hydrogens is 452 g/mol. The number of piperidine rings is 2. The summed E-state index contributed by atoms with van der Waals surface area (Å²) in [4.78, 5) is 47.8. The number of para-hydroxylation sites is 1. The number of aryl methyl sites for hydroxylation is 1. The Morgan fingerprint density at radius 2 is 1.53 bits per heavy atom. The minimum atomic E-state index is -0.734. The second-order valence-electron chi connectivity index (χ2n) is 10.7. The normalized spacial score (nSPS) is 20.3. The summed E-state index contributed by atoms with van der Waals surface area (Å²) in [5.41, 5.74) is 2.04. The lowest BCUT2D eigenvalue weighted by atomic mass is 9.85. The van der Waals surface area contributed by atoms with Crippen molar-refractivity contribution >= 4 is 23.4 Å². The summed E-state index contributed by atoms with van der Waals surface area (Å²) in [6, 6.07) is 17.6. The van der Waals surface area contributed by atoms with E-state index in [1.807, 2.05) is 71.3 Å². The Morgan fingerprint density at radius 1 is 0.889 bits per heavy atom. The van der Waals surface area contributed by atoms with E-state index in [1.165, 1.54) is 0 Å². The number of rotatable bonds is 4. The van der Waals surface area contributed by atoms with Crippen LogP contribution in [0.2, 0.25) is 0 Å². The lowest BCUT2D eigenvalue weighted by molar-refractivity contribution is -0.141. The number of carbonyl (C=O) groups excluding carboxylic acids is 3. The van der Waals surface area contributed by atoms with Gasteiger partial charge >= 0.3 is 0 Å². The summed E-state index contributed by atoms with van der Waals surface area (Å²) < 4.78 is 0. The monoisotopic (exact) mass is 488 g/mol. The maximum Gasteiger partial charge on any atom is 0.253 e. The molecule has 0 unspecified atom stereocenters. The first-order valence-electron chi connectivity index (χ1n) is 13.1. The van der Waals surface area contributed by atoms with Crippen molar-refractivity contribution < 1.29 is 14.4 Å². The fourth-order valence-electron chi connectivity index (χ4n) is 5.80. The molecule has 0 N–H and O–H groups in total. The summed E-state index contributed by atoms with van der Waals surface area (Å²) in [5, 5.41) is 0. The maximum atomic E-state index is 13.9. The molecule has 1 spiro atoms. The number of nitrogens with zero attached hydrogens (tertiary/aromatic N) is 4. The quantitative estimate of drug-likeness (QED) is 0.661. The van der Waals surface area contributed by atoms with E-state index in [9.17, 15) is 14.4 Å². The molecule has 0 atom stereocenters. The third kappa shape index (κ3) is 4.59. The van der Waals surface area contributed by atoms with Crippen LogP contribution in [0.4, 0.5) is 5.69 Å². The molecule has 3 saturated heterocycles. The Balaban J connectivity index is 1.33. The second kappa shape index (κ2) is 9.96. The van der Waals surface area contributed by atoms with Gasteiger partial charge in [0.1, 0.15) is 12.1 Å². The summed E-state index contributed by atoms with van der Waals surface area (Å²) in [7, 11) is 0. The minimum Gasteiger partial charge on any atom is -0.341 e. The highest BCUT2D eigenvalue weighted by Crippen LogP contribution is 2.39. The van der Waals surface area contributed by atoms with Gasteiger partial charge in [-0.15, -0.1) is 0 Å². The zero-order valence-corrected chi connectivity index (χ0v) is 21.4. The van der Waals surface area contributed by atoms with Crippen LogP contribution in [0.5, 0.6) is 0 Å². The lowest BCUT2D eigenvalue weighted by Crippen LogP contribution is -2.57. The molecule has 0 bridgehead atoms. The molecule has 7 nitrogen and oxygen atoms in total. The first-order valence-corrected chi connectivity index (χ1v) is 13.1. The SMILES string of the molecule is Cc1ccc(C(=O)N2CCC3(CC2)C(=O)N(CC(=O)N2CCC(C)CC2)CN3c2ccccc2)cc1. The van der Waals surface area contributed by atoms with Crippen LogP contribution in [0, 0.1) is 12.8 Å². The first-order chi connectivity index (χ1) is 17.4. The van der Waals surface area contributed by atoms with Crippen molar-refractivity contribution in [2.45, 2.75) is 45.1 Å². The zero-order valence-electron chi connectivity index (χ0n) is 21.4. The van der Waals surface area contributed by atoms with Crippen LogP contribution in [0.3, 0.4) is 0 Å². The van der Waals surface area contributed by atoms with Crippen molar-refractivity contribution in [2.75, 3.05) is 44.3 Å². The predicted molar refractivity (Wildman–Crippen MR) is 140 cm³/mol. The molecule has 3 aliphatic rings. The van der Waals surface area contributed by atoms with Crippen molar-refractivity contribution in [2.24, 2.45) is 5.92 Å². The molecule has 190 valence electrons. The molecule has 3 aliphatic heterocycles. The van der Waals surface area contributed by atoms with E-state index in [0.29, 0.717) is 44.1 Å². The predicted octanol–water partition coefficient (Wildman–Crippen LogP) is 3.53. The van der Waals surface area contributed by atoms with Gasteiger partial charge in [0, 0.05) is 37.4 Å². The smallest absolute Gasteiger partial charge is 0.253 e. The Bertz CT molecular complexity index is 1100. The average molecular weight is 489 g/mol. The van der Waals surface area contributed by atoms with E-state index in [-0.39, 0.29) is 24.3 Å². The fraction of sp³-hybridized carbons (Fsp3) is 0.483. The van der Waals surface area contributed by atoms with Crippen LogP contribution in [0.1, 0.15) is 48.5 Å². The van der Waals surface area contributed by atoms with E-state index >= 15 is 0 Å². The summed E-state index contributed by atoms with van der Waals surface area (Å²) in [5.74, 6) is 0.694. The van der Waals surface area contributed by atoms with Crippen molar-refractivity contribution in [1.29, 1.82) is 0 Å². The minimum absolute atomic E-state index is 0.00696. The molecule has 0 aromatic heterocycles. The average Bonchev–Trinajstić information content (AvgIpc) is 3.16. The molecule has 0 saturated carbocycles. The van der Waals surface area contributed by atoms with Crippen LogP contribution in [0.25, 0.3) is 0 Å². The van der Waals surface area contributed by atoms with Gasteiger partial charge < -0.3 is 19.6 Å². The lowest BCUT2D eigenvalue weighted by Gasteiger charge is -2.43. The Kier molecular flexibility index (Phi) is 6.73. The Morgan fingerprint density at radius 3 is 2.17 bits per heavy atom. The van der Waals surface area contributed by atoms with Gasteiger partial charge in [-0.2, -0.15) is 0 Å². The van der Waals surface area contributed by atoms with E-state index in [1.54, 1.807) is 4.90 Å². The van der Waals surface area contributed by atoms with Gasteiger partial charge in [0.25, 0.3) is 11.8 Å². The molecule has 7 heteroatoms. The van der Waals surface area contributed by atoms with Crippen LogP contribution >= 0.6 is 0 Å². The van der Waals surface area contributed by atoms with Crippen LogP contribution in [-0.2, 0) is 9.59 Å². The number of benzene rings is 2. The third-order valence-electron chi connectivity index (χ3n) is 8.22. The summed E-state index contributed by atoms with van der Waals surface area (Å²) in [6.07, 6.45) is 3.13. The molecule has 3 heterocycles. The number of hydrogen-bond donors (Lipinski definition) is 0. The topological polar surface area (TPSA) is 64.2 Å². The highest BCUT2D eigenvalue weighted by molar-refractivity contribution is 5.97. The van der Waals surface area contributed by atoms with Crippen LogP contribution in [0.15, 0.2) is 54.6 Å². The van der Waals surface area contributed by atoms with Crippen molar-refractivity contribution in [3.63, 3.8) is 0 Å². The molecule has 3 fully saturated rings. The fourth-order valence-corrected chi connectivity index (χ4v) is 5.80. The van der Waals surface area contributed by atoms with Gasteiger partial charge in [-0.3, -0.25) is 14.4 Å². The van der Waals surface area contributed by atoms with Gasteiger partial charge in [0.05, 0.1) is 6.67 Å². The van der Waals surface area contributed by atoms with Gasteiger partial charge in [0.2, 0.25) is 5.91 Å². The molecule has 3 amide bonds. The van der Waals surface area contributed by atoms with Crippen molar-refractivity contribution in [3.05, 3.63) is 65.7 Å². The molecule has 36 heavy (non-hydrogen) atoms. The standard InChI is InChI=1S/C29H36N4O3/c1-22-8-10-24(11-9-22)27(35)31-18-14-29(15-19-31)28(36)32(21-33(29)25-6-4-3-5-7-25)20-26(34)30-16-12-23(2)13-17-30/h3-11,23H,12-21H2,1-2H3. The molecule has 0 aliphatic carbocycles. The van der Waals surface area contributed by atoms with E-state index in [0.717, 1.165) is 37.2 Å². The number of amides is 3. The summed E-state index contributed by atoms with van der Waals surface area (Å²) >= 11 is 0. The van der Waals surface area contributed by atoms with Crippen molar-refractivity contribution in [1.82, 2.24) is 14.7 Å². The zero-order chi connectivity index (χ0) is 25.3. The molecule has 2 aromatic rings. The number of hydrogen-bond acceptors (Lipinski definition) is 4. The third-order valence-corrected chi connectivity index (χ3v) is 8.22. The van der Waals surface area contributed by atoms with Crippen LogP contribution in [-0.4, -0.2) is 77.4 Å². The molecular formula is C29H36N4O3. The van der Waals surface area contributed by atoms with Crippen molar-refractivity contribution in [3.8, 4) is 0 Å². The van der Waals surface area contributed by atoms with Gasteiger partial charge in [-0.25, -0.2) is 0 Å². The Labute approximate surface area is 213 Å². The van der Waals surface area contributed by atoms with Gasteiger partial charge in [-0.05, 0) is 62.8 Å². The highest BCUT2D eigenvalue weighted by Gasteiger charge is 2.54.